The third-order valence-electron chi connectivity index (χ3n) is 6.74. The molecule has 1 unspecified atom stereocenters. The van der Waals surface area contributed by atoms with Crippen molar-refractivity contribution in [3.05, 3.63) is 71.3 Å². The summed E-state index contributed by atoms with van der Waals surface area (Å²) in [6.07, 6.45) is 12.5. The molecule has 2 aromatic carbocycles. The standard InChI is InChI=1S/C31H43NO2S/c1-4-5-6-7-8-9-10-21-31(33)34-25(2)23-32(3)22-15-19-28-27-17-12-11-16-26(27)24-35-30-20-14-13-18-29(28)30/h11-14,16-20,25H,4-10,15,21-24H2,1-3H3/p+1/b28-19-/t25-/m0/s1. The molecule has 0 saturated heterocycles. The molecule has 1 heterocycles. The fourth-order valence-corrected chi connectivity index (χ4v) is 5.92. The molecular weight excluding hydrogens is 450 g/mol. The van der Waals surface area contributed by atoms with E-state index in [1.165, 1.54) is 64.2 Å². The third kappa shape index (κ3) is 9.16. The third-order valence-corrected chi connectivity index (χ3v) is 7.86. The van der Waals surface area contributed by atoms with Gasteiger partial charge < -0.3 is 9.64 Å². The topological polar surface area (TPSA) is 30.7 Å². The highest BCUT2D eigenvalue weighted by Crippen LogP contribution is 2.39. The molecule has 3 rings (SSSR count). The van der Waals surface area contributed by atoms with Crippen molar-refractivity contribution in [1.82, 2.24) is 0 Å². The number of carbonyl (C=O) groups is 1. The largest absolute Gasteiger partial charge is 0.457 e. The quantitative estimate of drug-likeness (QED) is 0.234. The number of nitrogens with one attached hydrogen (secondary N) is 1. The van der Waals surface area contributed by atoms with Crippen LogP contribution in [0.2, 0.25) is 0 Å². The van der Waals surface area contributed by atoms with Gasteiger partial charge in [0.25, 0.3) is 0 Å². The molecule has 4 heteroatoms. The summed E-state index contributed by atoms with van der Waals surface area (Å²) in [6.45, 7) is 6.12. The molecule has 0 spiro atoms. The summed E-state index contributed by atoms with van der Waals surface area (Å²) < 4.78 is 5.69. The van der Waals surface area contributed by atoms with Crippen LogP contribution >= 0.6 is 11.8 Å². The molecule has 0 radical (unpaired) electrons. The number of carbonyl (C=O) groups excluding carboxylic acids is 1. The van der Waals surface area contributed by atoms with Crippen LogP contribution in [-0.2, 0) is 15.3 Å². The normalized spacial score (nSPS) is 15.7. The Morgan fingerprint density at radius 1 is 1.00 bits per heavy atom. The zero-order valence-electron chi connectivity index (χ0n) is 22.0. The molecule has 0 aliphatic carbocycles. The Morgan fingerprint density at radius 2 is 1.69 bits per heavy atom. The maximum Gasteiger partial charge on any atom is 0.306 e. The number of likely N-dealkylation sites (N-methyl/N-ethyl adjacent to an activating group) is 1. The number of esters is 1. The summed E-state index contributed by atoms with van der Waals surface area (Å²) in [7, 11) is 2.20. The van der Waals surface area contributed by atoms with E-state index in [1.54, 1.807) is 0 Å². The maximum atomic E-state index is 12.2. The lowest BCUT2D eigenvalue weighted by Crippen LogP contribution is -3.10. The average molecular weight is 495 g/mol. The van der Waals surface area contributed by atoms with Gasteiger partial charge in [0.1, 0.15) is 12.6 Å². The number of benzene rings is 2. The minimum Gasteiger partial charge on any atom is -0.457 e. The van der Waals surface area contributed by atoms with E-state index < -0.39 is 0 Å². The number of hydrogen-bond donors (Lipinski definition) is 1. The zero-order chi connectivity index (χ0) is 24.9. The van der Waals surface area contributed by atoms with E-state index in [0.717, 1.165) is 38.1 Å². The number of unbranched alkanes of at least 4 members (excludes halogenated alkanes) is 6. The summed E-state index contributed by atoms with van der Waals surface area (Å²) in [5.41, 5.74) is 5.45. The Labute approximate surface area is 217 Å². The highest BCUT2D eigenvalue weighted by Gasteiger charge is 2.18. The molecule has 1 N–H and O–H groups in total. The van der Waals surface area contributed by atoms with E-state index in [1.807, 2.05) is 18.7 Å². The first-order chi connectivity index (χ1) is 17.1. The summed E-state index contributed by atoms with van der Waals surface area (Å²) in [6, 6.07) is 17.6. The van der Waals surface area contributed by atoms with Gasteiger partial charge in [0.15, 0.2) is 0 Å². The second-order valence-electron chi connectivity index (χ2n) is 9.93. The van der Waals surface area contributed by atoms with Crippen LogP contribution in [0, 0.1) is 0 Å². The minimum atomic E-state index is -0.0459. The molecular formula is C31H44NO2S+. The molecule has 35 heavy (non-hydrogen) atoms. The maximum absolute atomic E-state index is 12.2. The second kappa shape index (κ2) is 15.2. The van der Waals surface area contributed by atoms with Crippen molar-refractivity contribution in [2.24, 2.45) is 0 Å². The smallest absolute Gasteiger partial charge is 0.306 e. The molecule has 1 aliphatic heterocycles. The van der Waals surface area contributed by atoms with Crippen LogP contribution < -0.4 is 4.90 Å². The fourth-order valence-electron chi connectivity index (χ4n) is 4.85. The van der Waals surface area contributed by atoms with Gasteiger partial charge in [0.2, 0.25) is 0 Å². The lowest BCUT2D eigenvalue weighted by Gasteiger charge is -2.19. The van der Waals surface area contributed by atoms with E-state index >= 15 is 0 Å². The van der Waals surface area contributed by atoms with Crippen LogP contribution in [0.15, 0.2) is 59.5 Å². The SMILES string of the molecule is CCCCCCCCCC(=O)O[C@@H](C)C[NH+](C)CC/C=C1/c2ccccc2CSc2ccccc21. The molecule has 2 aromatic rings. The second-order valence-corrected chi connectivity index (χ2v) is 10.9. The summed E-state index contributed by atoms with van der Waals surface area (Å²) >= 11 is 1.93. The lowest BCUT2D eigenvalue weighted by molar-refractivity contribution is -0.882. The number of hydrogen-bond acceptors (Lipinski definition) is 3. The summed E-state index contributed by atoms with van der Waals surface area (Å²) in [4.78, 5) is 15.0. The van der Waals surface area contributed by atoms with Crippen molar-refractivity contribution in [2.45, 2.75) is 88.4 Å². The molecule has 0 aromatic heterocycles. The zero-order valence-corrected chi connectivity index (χ0v) is 22.8. The van der Waals surface area contributed by atoms with Crippen molar-refractivity contribution in [3.63, 3.8) is 0 Å². The highest BCUT2D eigenvalue weighted by molar-refractivity contribution is 7.98. The van der Waals surface area contributed by atoms with Crippen molar-refractivity contribution in [1.29, 1.82) is 0 Å². The van der Waals surface area contributed by atoms with Crippen molar-refractivity contribution in [2.75, 3.05) is 20.1 Å². The van der Waals surface area contributed by atoms with Crippen LogP contribution in [0.4, 0.5) is 0 Å². The van der Waals surface area contributed by atoms with Gasteiger partial charge in [-0.25, -0.2) is 0 Å². The Bertz CT molecular complexity index is 905. The molecule has 0 saturated carbocycles. The Balaban J connectivity index is 1.45. The van der Waals surface area contributed by atoms with Crippen LogP contribution in [0.3, 0.4) is 0 Å². The fraction of sp³-hybridized carbons (Fsp3) is 0.516. The highest BCUT2D eigenvalue weighted by atomic mass is 32.2. The van der Waals surface area contributed by atoms with E-state index in [-0.39, 0.29) is 12.1 Å². The van der Waals surface area contributed by atoms with Crippen LogP contribution in [0.25, 0.3) is 5.57 Å². The summed E-state index contributed by atoms with van der Waals surface area (Å²) in [5, 5.41) is 0. The van der Waals surface area contributed by atoms with Gasteiger partial charge in [-0.3, -0.25) is 4.79 Å². The van der Waals surface area contributed by atoms with E-state index in [4.69, 9.17) is 4.74 Å². The predicted molar refractivity (Wildman–Crippen MR) is 149 cm³/mol. The van der Waals surface area contributed by atoms with Crippen LogP contribution in [0.1, 0.15) is 88.3 Å². The molecule has 0 amide bonds. The van der Waals surface area contributed by atoms with E-state index in [2.05, 4.69) is 68.6 Å². The van der Waals surface area contributed by atoms with Gasteiger partial charge in [-0.15, -0.1) is 11.8 Å². The van der Waals surface area contributed by atoms with Gasteiger partial charge in [0, 0.05) is 23.5 Å². The van der Waals surface area contributed by atoms with Crippen molar-refractivity contribution >= 4 is 23.3 Å². The number of thioether (sulfide) groups is 1. The molecule has 0 fully saturated rings. The number of fused-ring (bicyclic) bond motifs is 2. The molecule has 190 valence electrons. The average Bonchev–Trinajstić information content (AvgIpc) is 3.00. The van der Waals surface area contributed by atoms with E-state index in [9.17, 15) is 4.79 Å². The van der Waals surface area contributed by atoms with Gasteiger partial charge in [-0.05, 0) is 41.7 Å². The first-order valence-electron chi connectivity index (χ1n) is 13.6. The monoisotopic (exact) mass is 494 g/mol. The molecule has 3 nitrogen and oxygen atoms in total. The first-order valence-corrected chi connectivity index (χ1v) is 14.6. The molecule has 1 aliphatic rings. The van der Waals surface area contributed by atoms with Gasteiger partial charge in [-0.1, -0.05) is 94.0 Å². The van der Waals surface area contributed by atoms with Crippen molar-refractivity contribution in [3.8, 4) is 0 Å². The summed E-state index contributed by atoms with van der Waals surface area (Å²) in [5.74, 6) is 0.974. The number of quaternary nitrogens is 1. The van der Waals surface area contributed by atoms with Gasteiger partial charge in [0.05, 0.1) is 13.6 Å². The minimum absolute atomic E-state index is 0.0369. The Hall–Kier alpha value is -2.04. The van der Waals surface area contributed by atoms with Crippen molar-refractivity contribution < 1.29 is 14.4 Å². The molecule has 2 atom stereocenters. The van der Waals surface area contributed by atoms with Gasteiger partial charge in [-0.2, -0.15) is 0 Å². The Kier molecular flexibility index (Phi) is 11.9. The number of rotatable bonds is 14. The van der Waals surface area contributed by atoms with E-state index in [0.29, 0.717) is 6.42 Å². The Morgan fingerprint density at radius 3 is 2.49 bits per heavy atom. The predicted octanol–water partition coefficient (Wildman–Crippen LogP) is 6.70. The lowest BCUT2D eigenvalue weighted by atomic mass is 9.93. The number of ether oxygens (including phenoxy) is 1. The molecule has 0 bridgehead atoms. The van der Waals surface area contributed by atoms with Crippen LogP contribution in [-0.4, -0.2) is 32.2 Å². The first kappa shape index (κ1) is 27.5. The van der Waals surface area contributed by atoms with Gasteiger partial charge >= 0.3 is 5.97 Å². The van der Waals surface area contributed by atoms with Crippen LogP contribution in [0.5, 0.6) is 0 Å².